The quantitative estimate of drug-likeness (QED) is 0.861. The molecule has 1 aliphatic rings. The van der Waals surface area contributed by atoms with E-state index in [0.29, 0.717) is 17.2 Å². The average molecular weight is 345 g/mol. The van der Waals surface area contributed by atoms with Crippen LogP contribution in [-0.4, -0.2) is 27.4 Å². The molecule has 0 spiro atoms. The SMILES string of the molecule is CS(=O)(=O)c1ccc(NC(=O)C=Cc2ccc3c(c2)OCO3)cc1. The molecule has 24 heavy (non-hydrogen) atoms. The molecular weight excluding hydrogens is 330 g/mol. The van der Waals surface area contributed by atoms with Gasteiger partial charge in [-0.15, -0.1) is 0 Å². The van der Waals surface area contributed by atoms with Crippen molar-refractivity contribution in [3.05, 3.63) is 54.1 Å². The second kappa shape index (κ2) is 6.37. The van der Waals surface area contributed by atoms with Crippen molar-refractivity contribution in [2.75, 3.05) is 18.4 Å². The van der Waals surface area contributed by atoms with E-state index >= 15 is 0 Å². The minimum Gasteiger partial charge on any atom is -0.454 e. The lowest BCUT2D eigenvalue weighted by Crippen LogP contribution is -2.08. The zero-order valence-corrected chi connectivity index (χ0v) is 13.7. The van der Waals surface area contributed by atoms with Crippen molar-refractivity contribution in [1.82, 2.24) is 0 Å². The van der Waals surface area contributed by atoms with E-state index in [1.807, 2.05) is 6.07 Å². The third-order valence-corrected chi connectivity index (χ3v) is 4.50. The van der Waals surface area contributed by atoms with Crippen molar-refractivity contribution >= 4 is 27.5 Å². The number of nitrogens with one attached hydrogen (secondary N) is 1. The van der Waals surface area contributed by atoms with E-state index < -0.39 is 9.84 Å². The summed E-state index contributed by atoms with van der Waals surface area (Å²) in [6.45, 7) is 0.201. The number of rotatable bonds is 4. The summed E-state index contributed by atoms with van der Waals surface area (Å²) in [5.74, 6) is 1.01. The van der Waals surface area contributed by atoms with Gasteiger partial charge in [0.2, 0.25) is 12.7 Å². The van der Waals surface area contributed by atoms with Gasteiger partial charge in [-0.2, -0.15) is 0 Å². The molecular formula is C17H15NO5S. The molecule has 1 amide bonds. The van der Waals surface area contributed by atoms with Crippen molar-refractivity contribution in [3.8, 4) is 11.5 Å². The summed E-state index contributed by atoms with van der Waals surface area (Å²) in [6, 6.07) is 11.4. The molecule has 0 unspecified atom stereocenters. The normalized spacial score (nSPS) is 13.2. The first-order chi connectivity index (χ1) is 11.4. The Bertz CT molecular complexity index is 901. The molecule has 1 heterocycles. The molecule has 6 nitrogen and oxygen atoms in total. The lowest BCUT2D eigenvalue weighted by Gasteiger charge is -2.03. The van der Waals surface area contributed by atoms with Gasteiger partial charge < -0.3 is 14.8 Å². The molecule has 1 N–H and O–H groups in total. The zero-order valence-electron chi connectivity index (χ0n) is 12.9. The minimum absolute atomic E-state index is 0.201. The van der Waals surface area contributed by atoms with Crippen LogP contribution in [0, 0.1) is 0 Å². The molecule has 0 aromatic heterocycles. The molecule has 0 radical (unpaired) electrons. The van der Waals surface area contributed by atoms with Gasteiger partial charge in [0.05, 0.1) is 4.90 Å². The monoisotopic (exact) mass is 345 g/mol. The average Bonchev–Trinajstić information content (AvgIpc) is 3.00. The third kappa shape index (κ3) is 3.75. The van der Waals surface area contributed by atoms with Gasteiger partial charge in [-0.05, 0) is 48.0 Å². The first kappa shape index (κ1) is 16.1. The Kier molecular flexibility index (Phi) is 4.26. The van der Waals surface area contributed by atoms with Gasteiger partial charge >= 0.3 is 0 Å². The van der Waals surface area contributed by atoms with Gasteiger partial charge in [-0.1, -0.05) is 6.07 Å². The number of hydrogen-bond acceptors (Lipinski definition) is 5. The summed E-state index contributed by atoms with van der Waals surface area (Å²) in [7, 11) is -3.25. The fourth-order valence-corrected chi connectivity index (χ4v) is 2.79. The Morgan fingerprint density at radius 3 is 2.50 bits per heavy atom. The predicted molar refractivity (Wildman–Crippen MR) is 89.8 cm³/mol. The summed E-state index contributed by atoms with van der Waals surface area (Å²) >= 11 is 0. The van der Waals surface area contributed by atoms with Gasteiger partial charge in [0, 0.05) is 18.0 Å². The standard InChI is InChI=1S/C17H15NO5S/c1-24(20,21)14-6-4-13(5-7-14)18-17(19)9-3-12-2-8-15-16(10-12)23-11-22-15/h2-10H,11H2,1H3,(H,18,19). The third-order valence-electron chi connectivity index (χ3n) is 3.37. The van der Waals surface area contributed by atoms with E-state index in [-0.39, 0.29) is 17.6 Å². The number of hydrogen-bond donors (Lipinski definition) is 1. The Morgan fingerprint density at radius 2 is 1.79 bits per heavy atom. The summed E-state index contributed by atoms with van der Waals surface area (Å²) in [5.41, 5.74) is 1.32. The summed E-state index contributed by atoms with van der Waals surface area (Å²) in [5, 5.41) is 2.67. The number of anilines is 1. The minimum atomic E-state index is -3.25. The molecule has 124 valence electrons. The van der Waals surface area contributed by atoms with Crippen LogP contribution in [0.2, 0.25) is 0 Å². The highest BCUT2D eigenvalue weighted by atomic mass is 32.2. The Labute approximate surface area is 139 Å². The second-order valence-corrected chi connectivity index (χ2v) is 7.25. The number of fused-ring (bicyclic) bond motifs is 1. The van der Waals surface area contributed by atoms with Gasteiger partial charge in [0.1, 0.15) is 0 Å². The molecule has 2 aromatic carbocycles. The Hall–Kier alpha value is -2.80. The highest BCUT2D eigenvalue weighted by molar-refractivity contribution is 7.90. The molecule has 0 saturated heterocycles. The molecule has 1 aliphatic heterocycles. The van der Waals surface area contributed by atoms with Crippen LogP contribution < -0.4 is 14.8 Å². The lowest BCUT2D eigenvalue weighted by molar-refractivity contribution is -0.111. The lowest BCUT2D eigenvalue weighted by atomic mass is 10.2. The molecule has 0 aliphatic carbocycles. The van der Waals surface area contributed by atoms with E-state index in [0.717, 1.165) is 11.8 Å². The molecule has 0 bridgehead atoms. The molecule has 0 saturated carbocycles. The number of sulfone groups is 1. The van der Waals surface area contributed by atoms with Crippen molar-refractivity contribution in [3.63, 3.8) is 0 Å². The number of carbonyl (C=O) groups is 1. The van der Waals surface area contributed by atoms with Crippen LogP contribution in [0.4, 0.5) is 5.69 Å². The smallest absolute Gasteiger partial charge is 0.248 e. The van der Waals surface area contributed by atoms with Crippen LogP contribution >= 0.6 is 0 Å². The molecule has 7 heteroatoms. The van der Waals surface area contributed by atoms with Gasteiger partial charge in [0.15, 0.2) is 21.3 Å². The van der Waals surface area contributed by atoms with Crippen LogP contribution in [0.1, 0.15) is 5.56 Å². The maximum absolute atomic E-state index is 11.9. The number of benzene rings is 2. The maximum atomic E-state index is 11.9. The summed E-state index contributed by atoms with van der Waals surface area (Å²) < 4.78 is 33.3. The molecule has 0 fully saturated rings. The van der Waals surface area contributed by atoms with Crippen molar-refractivity contribution in [2.24, 2.45) is 0 Å². The molecule has 2 aromatic rings. The van der Waals surface area contributed by atoms with Crippen LogP contribution in [-0.2, 0) is 14.6 Å². The van der Waals surface area contributed by atoms with Crippen molar-refractivity contribution in [1.29, 1.82) is 0 Å². The number of carbonyl (C=O) groups excluding carboxylic acids is 1. The second-order valence-electron chi connectivity index (χ2n) is 5.23. The van der Waals surface area contributed by atoms with Gasteiger partial charge in [-0.3, -0.25) is 4.79 Å². The number of amides is 1. The van der Waals surface area contributed by atoms with Gasteiger partial charge in [0.25, 0.3) is 0 Å². The largest absolute Gasteiger partial charge is 0.454 e. The van der Waals surface area contributed by atoms with Crippen LogP contribution in [0.3, 0.4) is 0 Å². The maximum Gasteiger partial charge on any atom is 0.248 e. The molecule has 0 atom stereocenters. The topological polar surface area (TPSA) is 81.7 Å². The number of ether oxygens (including phenoxy) is 2. The van der Waals surface area contributed by atoms with Gasteiger partial charge in [-0.25, -0.2) is 8.42 Å². The van der Waals surface area contributed by atoms with E-state index in [9.17, 15) is 13.2 Å². The zero-order chi connectivity index (χ0) is 17.2. The molecule has 3 rings (SSSR count). The van der Waals surface area contributed by atoms with E-state index in [4.69, 9.17) is 9.47 Å². The summed E-state index contributed by atoms with van der Waals surface area (Å²) in [6.07, 6.45) is 4.18. The van der Waals surface area contributed by atoms with E-state index in [1.54, 1.807) is 30.3 Å². The van der Waals surface area contributed by atoms with E-state index in [2.05, 4.69) is 5.32 Å². The van der Waals surface area contributed by atoms with Crippen LogP contribution in [0.5, 0.6) is 11.5 Å². The summed E-state index contributed by atoms with van der Waals surface area (Å²) in [4.78, 5) is 12.1. The van der Waals surface area contributed by atoms with Crippen molar-refractivity contribution < 1.29 is 22.7 Å². The Morgan fingerprint density at radius 1 is 1.08 bits per heavy atom. The predicted octanol–water partition coefficient (Wildman–Crippen LogP) is 2.47. The van der Waals surface area contributed by atoms with E-state index in [1.165, 1.54) is 18.2 Å². The fraction of sp³-hybridized carbons (Fsp3) is 0.118. The fourth-order valence-electron chi connectivity index (χ4n) is 2.16. The highest BCUT2D eigenvalue weighted by Crippen LogP contribution is 2.32. The Balaban J connectivity index is 1.65. The first-order valence-electron chi connectivity index (χ1n) is 7.11. The van der Waals surface area contributed by atoms with Crippen LogP contribution in [0.15, 0.2) is 53.4 Å². The van der Waals surface area contributed by atoms with Crippen molar-refractivity contribution in [2.45, 2.75) is 4.90 Å². The first-order valence-corrected chi connectivity index (χ1v) is 9.00. The highest BCUT2D eigenvalue weighted by Gasteiger charge is 2.12. The van der Waals surface area contributed by atoms with Crippen LogP contribution in [0.25, 0.3) is 6.08 Å².